The van der Waals surface area contributed by atoms with Gasteiger partial charge in [0.15, 0.2) is 0 Å². The van der Waals surface area contributed by atoms with Crippen LogP contribution in [0.5, 0.6) is 0 Å². The van der Waals surface area contributed by atoms with Crippen LogP contribution in [0.15, 0.2) is 24.3 Å². The Hall–Kier alpha value is -0.860. The SMILES string of the molecule is CCCC(OC)C(Cc1ccc(C)cc1)NC. The Morgan fingerprint density at radius 1 is 1.24 bits per heavy atom. The van der Waals surface area contributed by atoms with E-state index >= 15 is 0 Å². The van der Waals surface area contributed by atoms with Gasteiger partial charge in [-0.3, -0.25) is 0 Å². The summed E-state index contributed by atoms with van der Waals surface area (Å²) in [7, 11) is 3.82. The number of hydrogen-bond donors (Lipinski definition) is 1. The fourth-order valence-corrected chi connectivity index (χ4v) is 2.17. The Bertz CT molecular complexity index is 307. The Morgan fingerprint density at radius 2 is 1.88 bits per heavy atom. The van der Waals surface area contributed by atoms with Gasteiger partial charge in [-0.15, -0.1) is 0 Å². The number of benzene rings is 1. The van der Waals surface area contributed by atoms with Crippen molar-refractivity contribution in [3.05, 3.63) is 35.4 Å². The molecular formula is C15H25NO. The van der Waals surface area contributed by atoms with Gasteiger partial charge in [-0.1, -0.05) is 43.2 Å². The van der Waals surface area contributed by atoms with Gasteiger partial charge in [0.1, 0.15) is 0 Å². The maximum atomic E-state index is 5.58. The molecule has 1 rings (SSSR count). The van der Waals surface area contributed by atoms with Gasteiger partial charge in [-0.05, 0) is 32.4 Å². The van der Waals surface area contributed by atoms with Gasteiger partial charge < -0.3 is 10.1 Å². The quantitative estimate of drug-likeness (QED) is 0.784. The summed E-state index contributed by atoms with van der Waals surface area (Å²) in [5.74, 6) is 0. The molecule has 1 N–H and O–H groups in total. The average Bonchev–Trinajstić information content (AvgIpc) is 2.36. The fourth-order valence-electron chi connectivity index (χ4n) is 2.17. The molecule has 1 aromatic carbocycles. The topological polar surface area (TPSA) is 21.3 Å². The molecule has 1 aromatic rings. The fraction of sp³-hybridized carbons (Fsp3) is 0.600. The van der Waals surface area contributed by atoms with Crippen molar-refractivity contribution in [1.29, 1.82) is 0 Å². The van der Waals surface area contributed by atoms with E-state index in [0.29, 0.717) is 12.1 Å². The van der Waals surface area contributed by atoms with Gasteiger partial charge in [-0.2, -0.15) is 0 Å². The second-order valence-corrected chi connectivity index (χ2v) is 4.65. The first-order chi connectivity index (χ1) is 8.21. The first-order valence-electron chi connectivity index (χ1n) is 6.46. The molecular weight excluding hydrogens is 210 g/mol. The molecule has 0 bridgehead atoms. The maximum Gasteiger partial charge on any atom is 0.0727 e. The highest BCUT2D eigenvalue weighted by molar-refractivity contribution is 5.22. The minimum Gasteiger partial charge on any atom is -0.380 e. The van der Waals surface area contributed by atoms with Crippen LogP contribution in [-0.2, 0) is 11.2 Å². The average molecular weight is 235 g/mol. The summed E-state index contributed by atoms with van der Waals surface area (Å²) in [6.07, 6.45) is 3.58. The van der Waals surface area contributed by atoms with Gasteiger partial charge in [0.25, 0.3) is 0 Å². The molecule has 0 heterocycles. The minimum absolute atomic E-state index is 0.298. The zero-order valence-electron chi connectivity index (χ0n) is 11.5. The van der Waals surface area contributed by atoms with E-state index in [2.05, 4.69) is 43.4 Å². The molecule has 0 aliphatic heterocycles. The van der Waals surface area contributed by atoms with Gasteiger partial charge in [-0.25, -0.2) is 0 Å². The van der Waals surface area contributed by atoms with Gasteiger partial charge >= 0.3 is 0 Å². The Morgan fingerprint density at radius 3 is 2.35 bits per heavy atom. The standard InChI is InChI=1S/C15H25NO/c1-5-6-15(17-4)14(16-3)11-13-9-7-12(2)8-10-13/h7-10,14-16H,5-6,11H2,1-4H3. The monoisotopic (exact) mass is 235 g/mol. The number of likely N-dealkylation sites (N-methyl/N-ethyl adjacent to an activating group) is 1. The Kier molecular flexibility index (Phi) is 6.23. The molecule has 0 aromatic heterocycles. The summed E-state index contributed by atoms with van der Waals surface area (Å²) >= 11 is 0. The third kappa shape index (κ3) is 4.49. The van der Waals surface area contributed by atoms with Crippen molar-refractivity contribution in [2.24, 2.45) is 0 Å². The van der Waals surface area contributed by atoms with Crippen molar-refractivity contribution in [2.75, 3.05) is 14.2 Å². The molecule has 2 heteroatoms. The normalized spacial score (nSPS) is 14.6. The summed E-state index contributed by atoms with van der Waals surface area (Å²) in [6.45, 7) is 4.32. The molecule has 2 atom stereocenters. The molecule has 2 unspecified atom stereocenters. The van der Waals surface area contributed by atoms with E-state index in [1.807, 2.05) is 7.05 Å². The predicted octanol–water partition coefficient (Wildman–Crippen LogP) is 2.94. The highest BCUT2D eigenvalue weighted by Crippen LogP contribution is 2.13. The lowest BCUT2D eigenvalue weighted by Gasteiger charge is -2.25. The van der Waals surface area contributed by atoms with Gasteiger partial charge in [0.05, 0.1) is 6.10 Å². The van der Waals surface area contributed by atoms with Crippen LogP contribution in [0.2, 0.25) is 0 Å². The minimum atomic E-state index is 0.298. The van der Waals surface area contributed by atoms with E-state index in [9.17, 15) is 0 Å². The molecule has 0 radical (unpaired) electrons. The van der Waals surface area contributed by atoms with E-state index in [-0.39, 0.29) is 0 Å². The van der Waals surface area contributed by atoms with Crippen molar-refractivity contribution in [3.63, 3.8) is 0 Å². The summed E-state index contributed by atoms with van der Waals surface area (Å²) < 4.78 is 5.58. The lowest BCUT2D eigenvalue weighted by molar-refractivity contribution is 0.0633. The number of methoxy groups -OCH3 is 1. The molecule has 17 heavy (non-hydrogen) atoms. The smallest absolute Gasteiger partial charge is 0.0727 e. The van der Waals surface area contributed by atoms with Crippen molar-refractivity contribution >= 4 is 0 Å². The third-order valence-corrected chi connectivity index (χ3v) is 3.27. The van der Waals surface area contributed by atoms with Crippen LogP contribution in [0.25, 0.3) is 0 Å². The molecule has 0 aliphatic carbocycles. The van der Waals surface area contributed by atoms with Crippen LogP contribution >= 0.6 is 0 Å². The molecule has 96 valence electrons. The number of aryl methyl sites for hydroxylation is 1. The molecule has 0 saturated carbocycles. The number of rotatable bonds is 7. The third-order valence-electron chi connectivity index (χ3n) is 3.27. The lowest BCUT2D eigenvalue weighted by atomic mass is 9.98. The highest BCUT2D eigenvalue weighted by Gasteiger charge is 2.18. The summed E-state index contributed by atoms with van der Waals surface area (Å²) in [6, 6.07) is 9.15. The van der Waals surface area contributed by atoms with E-state index < -0.39 is 0 Å². The number of ether oxygens (including phenoxy) is 1. The second-order valence-electron chi connectivity index (χ2n) is 4.65. The van der Waals surface area contributed by atoms with E-state index in [4.69, 9.17) is 4.74 Å². The summed E-state index contributed by atoms with van der Waals surface area (Å²) in [5, 5.41) is 3.38. The van der Waals surface area contributed by atoms with Crippen LogP contribution in [0.4, 0.5) is 0 Å². The maximum absolute atomic E-state index is 5.58. The molecule has 2 nitrogen and oxygen atoms in total. The first-order valence-corrected chi connectivity index (χ1v) is 6.46. The van der Waals surface area contributed by atoms with E-state index in [1.54, 1.807) is 7.11 Å². The summed E-state index contributed by atoms with van der Waals surface area (Å²) in [4.78, 5) is 0. The van der Waals surface area contributed by atoms with Crippen LogP contribution in [0.3, 0.4) is 0 Å². The van der Waals surface area contributed by atoms with Gasteiger partial charge in [0, 0.05) is 13.2 Å². The predicted molar refractivity (Wildman–Crippen MR) is 73.4 cm³/mol. The molecule has 0 amide bonds. The number of nitrogens with one attached hydrogen (secondary N) is 1. The van der Waals surface area contributed by atoms with Crippen molar-refractivity contribution in [3.8, 4) is 0 Å². The van der Waals surface area contributed by atoms with Crippen molar-refractivity contribution in [1.82, 2.24) is 5.32 Å². The van der Waals surface area contributed by atoms with Crippen LogP contribution in [-0.4, -0.2) is 26.3 Å². The zero-order chi connectivity index (χ0) is 12.7. The number of hydrogen-bond acceptors (Lipinski definition) is 2. The van der Waals surface area contributed by atoms with Crippen LogP contribution in [0.1, 0.15) is 30.9 Å². The zero-order valence-corrected chi connectivity index (χ0v) is 11.5. The lowest BCUT2D eigenvalue weighted by Crippen LogP contribution is -2.40. The first kappa shape index (κ1) is 14.2. The molecule has 0 saturated heterocycles. The largest absolute Gasteiger partial charge is 0.380 e. The second kappa shape index (κ2) is 7.46. The Balaban J connectivity index is 2.64. The van der Waals surface area contributed by atoms with Crippen LogP contribution in [0, 0.1) is 6.92 Å². The van der Waals surface area contributed by atoms with E-state index in [0.717, 1.165) is 19.3 Å². The van der Waals surface area contributed by atoms with Crippen LogP contribution < -0.4 is 5.32 Å². The van der Waals surface area contributed by atoms with E-state index in [1.165, 1.54) is 11.1 Å². The van der Waals surface area contributed by atoms with Crippen molar-refractivity contribution < 1.29 is 4.74 Å². The van der Waals surface area contributed by atoms with Crippen molar-refractivity contribution in [2.45, 2.75) is 45.3 Å². The summed E-state index contributed by atoms with van der Waals surface area (Å²) in [5.41, 5.74) is 2.68. The molecule has 0 spiro atoms. The molecule has 0 aliphatic rings. The molecule has 0 fully saturated rings. The Labute approximate surface area is 105 Å². The van der Waals surface area contributed by atoms with Gasteiger partial charge in [0.2, 0.25) is 0 Å². The highest BCUT2D eigenvalue weighted by atomic mass is 16.5.